The van der Waals surface area contributed by atoms with Crippen LogP contribution in [0.25, 0.3) is 0 Å². The number of carbonyl (C=O) groups is 1. The second kappa shape index (κ2) is 9.71. The van der Waals surface area contributed by atoms with E-state index < -0.39 is 5.97 Å². The van der Waals surface area contributed by atoms with E-state index in [-0.39, 0.29) is 24.1 Å². The molecule has 2 aromatic carbocycles. The van der Waals surface area contributed by atoms with E-state index in [9.17, 15) is 14.3 Å². The van der Waals surface area contributed by atoms with Gasteiger partial charge in [-0.2, -0.15) is 0 Å². The maximum atomic E-state index is 14.3. The first-order valence-electron chi connectivity index (χ1n) is 11.3. The normalized spacial score (nSPS) is 22.0. The van der Waals surface area contributed by atoms with Crippen molar-refractivity contribution in [3.63, 3.8) is 0 Å². The lowest BCUT2D eigenvalue weighted by molar-refractivity contribution is -0.137. The zero-order chi connectivity index (χ0) is 21.8. The molecule has 0 spiro atoms. The van der Waals surface area contributed by atoms with Crippen LogP contribution in [0.5, 0.6) is 11.5 Å². The summed E-state index contributed by atoms with van der Waals surface area (Å²) in [5.41, 5.74) is 1.83. The Morgan fingerprint density at radius 1 is 1.06 bits per heavy atom. The van der Waals surface area contributed by atoms with E-state index in [4.69, 9.17) is 9.47 Å². The summed E-state index contributed by atoms with van der Waals surface area (Å²) in [5.74, 6) is 1.87. The molecule has 2 aliphatic rings. The van der Waals surface area contributed by atoms with Crippen LogP contribution in [-0.4, -0.2) is 24.8 Å². The molecule has 31 heavy (non-hydrogen) atoms. The van der Waals surface area contributed by atoms with Crippen molar-refractivity contribution in [2.75, 3.05) is 13.7 Å². The fourth-order valence-corrected chi connectivity index (χ4v) is 4.89. The van der Waals surface area contributed by atoms with Crippen molar-refractivity contribution in [2.45, 2.75) is 56.8 Å². The molecule has 0 bridgehead atoms. The number of carboxylic acid groups (broad SMARTS) is 1. The van der Waals surface area contributed by atoms with Gasteiger partial charge in [0, 0.05) is 0 Å². The van der Waals surface area contributed by atoms with Gasteiger partial charge in [-0.15, -0.1) is 0 Å². The van der Waals surface area contributed by atoms with Crippen LogP contribution in [0.15, 0.2) is 42.5 Å². The molecule has 5 heteroatoms. The Balaban J connectivity index is 1.31. The smallest absolute Gasteiger partial charge is 0.303 e. The van der Waals surface area contributed by atoms with Gasteiger partial charge < -0.3 is 14.6 Å². The van der Waals surface area contributed by atoms with Crippen LogP contribution >= 0.6 is 0 Å². The molecule has 0 saturated heterocycles. The second-order valence-electron chi connectivity index (χ2n) is 9.03. The minimum Gasteiger partial charge on any atom is -0.497 e. The minimum atomic E-state index is -0.743. The van der Waals surface area contributed by atoms with E-state index >= 15 is 0 Å². The van der Waals surface area contributed by atoms with E-state index in [2.05, 4.69) is 0 Å². The molecule has 1 N–H and O–H groups in total. The monoisotopic (exact) mass is 426 g/mol. The third-order valence-corrected chi connectivity index (χ3v) is 6.85. The summed E-state index contributed by atoms with van der Waals surface area (Å²) in [5, 5.41) is 9.25. The molecule has 166 valence electrons. The first kappa shape index (κ1) is 21.7. The Morgan fingerprint density at radius 3 is 2.52 bits per heavy atom. The van der Waals surface area contributed by atoms with Crippen molar-refractivity contribution < 1.29 is 23.8 Å². The van der Waals surface area contributed by atoms with Gasteiger partial charge in [-0.3, -0.25) is 4.79 Å². The molecule has 0 aliphatic heterocycles. The van der Waals surface area contributed by atoms with E-state index in [1.807, 2.05) is 30.3 Å². The predicted molar refractivity (Wildman–Crippen MR) is 117 cm³/mol. The Morgan fingerprint density at radius 2 is 1.84 bits per heavy atom. The van der Waals surface area contributed by atoms with Crippen LogP contribution in [0.1, 0.15) is 67.9 Å². The average molecular weight is 427 g/mol. The molecule has 2 aliphatic carbocycles. The minimum absolute atomic E-state index is 0.0780. The highest BCUT2D eigenvalue weighted by molar-refractivity contribution is 5.68. The molecule has 4 rings (SSSR count). The summed E-state index contributed by atoms with van der Waals surface area (Å²) >= 11 is 0. The molecule has 4 nitrogen and oxygen atoms in total. The Bertz CT molecular complexity index is 900. The van der Waals surface area contributed by atoms with Gasteiger partial charge in [-0.1, -0.05) is 12.1 Å². The van der Waals surface area contributed by atoms with Gasteiger partial charge in [0.2, 0.25) is 0 Å². The number of benzene rings is 2. The summed E-state index contributed by atoms with van der Waals surface area (Å²) in [7, 11) is 1.61. The highest BCUT2D eigenvalue weighted by atomic mass is 19.1. The molecule has 2 fully saturated rings. The fraction of sp³-hybridized carbons (Fsp3) is 0.500. The van der Waals surface area contributed by atoms with Crippen LogP contribution in [0.2, 0.25) is 0 Å². The zero-order valence-corrected chi connectivity index (χ0v) is 18.1. The van der Waals surface area contributed by atoms with Crippen LogP contribution in [-0.2, 0) is 4.79 Å². The summed E-state index contributed by atoms with van der Waals surface area (Å²) in [4.78, 5) is 11.3. The highest BCUT2D eigenvalue weighted by Gasteiger charge is 2.34. The fourth-order valence-electron chi connectivity index (χ4n) is 4.89. The van der Waals surface area contributed by atoms with Crippen molar-refractivity contribution in [1.29, 1.82) is 0 Å². The molecule has 2 aromatic rings. The summed E-state index contributed by atoms with van der Waals surface area (Å²) in [6.45, 7) is 0.643. The molecule has 0 aromatic heterocycles. The van der Waals surface area contributed by atoms with Crippen molar-refractivity contribution >= 4 is 5.97 Å². The summed E-state index contributed by atoms with van der Waals surface area (Å²) in [6.07, 6.45) is 6.30. The molecule has 2 saturated carbocycles. The average Bonchev–Trinajstić information content (AvgIpc) is 3.62. The zero-order valence-electron chi connectivity index (χ0n) is 18.1. The van der Waals surface area contributed by atoms with E-state index in [0.717, 1.165) is 55.4 Å². The SMILES string of the molecule is COc1ccc(F)c([C@H]2CC[C@@H](COc3cccc([C@H](CC(=O)O)C4CC4)c3)CC2)c1. The number of methoxy groups -OCH3 is 1. The molecule has 1 atom stereocenters. The number of carboxylic acids is 1. The number of hydrogen-bond donors (Lipinski definition) is 1. The predicted octanol–water partition coefficient (Wildman–Crippen LogP) is 6.16. The van der Waals surface area contributed by atoms with E-state index in [0.29, 0.717) is 24.2 Å². The Labute approximate surface area is 183 Å². The van der Waals surface area contributed by atoms with Crippen molar-refractivity contribution in [2.24, 2.45) is 11.8 Å². The molecular formula is C26H31FO4. The maximum absolute atomic E-state index is 14.3. The third-order valence-electron chi connectivity index (χ3n) is 6.85. The molecule has 0 amide bonds. The number of rotatable bonds is 9. The second-order valence-corrected chi connectivity index (χ2v) is 9.03. The topological polar surface area (TPSA) is 55.8 Å². The van der Waals surface area contributed by atoms with Gasteiger partial charge >= 0.3 is 5.97 Å². The van der Waals surface area contributed by atoms with Crippen LogP contribution in [0, 0.1) is 17.7 Å². The molecular weight excluding hydrogens is 395 g/mol. The largest absolute Gasteiger partial charge is 0.497 e. The quantitative estimate of drug-likeness (QED) is 0.522. The van der Waals surface area contributed by atoms with E-state index in [1.165, 1.54) is 6.07 Å². The van der Waals surface area contributed by atoms with Gasteiger partial charge in [0.25, 0.3) is 0 Å². The Kier molecular flexibility index (Phi) is 6.79. The van der Waals surface area contributed by atoms with E-state index in [1.54, 1.807) is 13.2 Å². The first-order valence-corrected chi connectivity index (χ1v) is 11.3. The standard InChI is InChI=1S/C26H31FO4/c1-30-21-11-12-25(27)24(14-21)19-7-5-17(6-8-19)16-31-22-4-2-3-20(13-22)23(15-26(28)29)18-9-10-18/h2-4,11-14,17-19,23H,5-10,15-16H2,1H3,(H,28,29)/t17-,19+,23-/m1/s1. The van der Waals surface area contributed by atoms with Gasteiger partial charge in [0.05, 0.1) is 20.1 Å². The summed E-state index contributed by atoms with van der Waals surface area (Å²) < 4.78 is 25.6. The Hall–Kier alpha value is -2.56. The number of ether oxygens (including phenoxy) is 2. The van der Waals surface area contributed by atoms with Gasteiger partial charge in [0.1, 0.15) is 17.3 Å². The third kappa shape index (κ3) is 5.57. The van der Waals surface area contributed by atoms with Crippen molar-refractivity contribution in [1.82, 2.24) is 0 Å². The molecule has 0 heterocycles. The van der Waals surface area contributed by atoms with Crippen LogP contribution < -0.4 is 9.47 Å². The van der Waals surface area contributed by atoms with Gasteiger partial charge in [-0.25, -0.2) is 4.39 Å². The molecule has 0 radical (unpaired) electrons. The lowest BCUT2D eigenvalue weighted by Crippen LogP contribution is -2.20. The number of halogens is 1. The number of aliphatic carboxylic acids is 1. The lowest BCUT2D eigenvalue weighted by atomic mass is 9.79. The van der Waals surface area contributed by atoms with Crippen molar-refractivity contribution in [3.8, 4) is 11.5 Å². The van der Waals surface area contributed by atoms with Crippen molar-refractivity contribution in [3.05, 3.63) is 59.4 Å². The highest BCUT2D eigenvalue weighted by Crippen LogP contribution is 2.45. The first-order chi connectivity index (χ1) is 15.0. The maximum Gasteiger partial charge on any atom is 0.303 e. The molecule has 0 unspecified atom stereocenters. The number of hydrogen-bond acceptors (Lipinski definition) is 3. The van der Waals surface area contributed by atoms with Crippen LogP contribution in [0.3, 0.4) is 0 Å². The van der Waals surface area contributed by atoms with Gasteiger partial charge in [0.15, 0.2) is 0 Å². The van der Waals surface area contributed by atoms with Gasteiger partial charge in [-0.05, 0) is 104 Å². The van der Waals surface area contributed by atoms with Crippen LogP contribution in [0.4, 0.5) is 4.39 Å². The summed E-state index contributed by atoms with van der Waals surface area (Å²) in [6, 6.07) is 12.9. The lowest BCUT2D eigenvalue weighted by Gasteiger charge is -2.29.